The van der Waals surface area contributed by atoms with Gasteiger partial charge in [-0.1, -0.05) is 18.6 Å². The number of ether oxygens (including phenoxy) is 2. The molecule has 0 saturated heterocycles. The number of carbonyl (C=O) groups is 2. The summed E-state index contributed by atoms with van der Waals surface area (Å²) >= 11 is 0. The SMILES string of the molecule is O=C(Nc1ccc(O)c(-c2cc(C3CCC3)n(C(=O)NCc3cccc(F)c3)n2)c1)c1ccc2c(c1)OCO2. The molecule has 3 N–H and O–H groups in total. The van der Waals surface area contributed by atoms with E-state index < -0.39 is 6.03 Å². The molecule has 1 saturated carbocycles. The van der Waals surface area contributed by atoms with Crippen molar-refractivity contribution in [2.45, 2.75) is 31.7 Å². The Morgan fingerprint density at radius 1 is 1.03 bits per heavy atom. The number of fused-ring (bicyclic) bond motifs is 1. The highest BCUT2D eigenvalue weighted by Crippen LogP contribution is 2.39. The van der Waals surface area contributed by atoms with Gasteiger partial charge in [-0.3, -0.25) is 4.79 Å². The lowest BCUT2D eigenvalue weighted by Crippen LogP contribution is -2.31. The van der Waals surface area contributed by atoms with E-state index in [1.54, 1.807) is 48.5 Å². The second kappa shape index (κ2) is 10.1. The van der Waals surface area contributed by atoms with Crippen LogP contribution in [0.2, 0.25) is 0 Å². The van der Waals surface area contributed by atoms with Crippen molar-refractivity contribution in [3.05, 3.63) is 89.4 Å². The smallest absolute Gasteiger partial charge is 0.342 e. The third-order valence-electron chi connectivity index (χ3n) is 6.95. The summed E-state index contributed by atoms with van der Waals surface area (Å²) in [7, 11) is 0. The van der Waals surface area contributed by atoms with Crippen LogP contribution in [0.15, 0.2) is 66.7 Å². The van der Waals surface area contributed by atoms with Gasteiger partial charge in [0.05, 0.1) is 11.4 Å². The summed E-state index contributed by atoms with van der Waals surface area (Å²) in [5, 5.41) is 20.8. The van der Waals surface area contributed by atoms with Gasteiger partial charge in [0, 0.05) is 29.3 Å². The normalized spacial score (nSPS) is 14.1. The maximum Gasteiger partial charge on any atom is 0.342 e. The number of nitrogens with one attached hydrogen (secondary N) is 2. The van der Waals surface area contributed by atoms with Crippen LogP contribution in [0.25, 0.3) is 11.3 Å². The van der Waals surface area contributed by atoms with Crippen molar-refractivity contribution >= 4 is 17.6 Å². The molecule has 1 aliphatic carbocycles. The number of benzene rings is 3. The molecule has 1 aliphatic heterocycles. The summed E-state index contributed by atoms with van der Waals surface area (Å²) in [5.74, 6) is 0.472. The first-order valence-corrected chi connectivity index (χ1v) is 12.6. The van der Waals surface area contributed by atoms with E-state index in [9.17, 15) is 19.1 Å². The Bertz CT molecular complexity index is 1580. The van der Waals surface area contributed by atoms with E-state index in [2.05, 4.69) is 15.7 Å². The first-order chi connectivity index (χ1) is 18.9. The molecule has 1 aromatic heterocycles. The highest BCUT2D eigenvalue weighted by Gasteiger charge is 2.28. The number of amides is 2. The maximum atomic E-state index is 13.5. The summed E-state index contributed by atoms with van der Waals surface area (Å²) in [6, 6.07) is 17.0. The van der Waals surface area contributed by atoms with E-state index in [1.807, 2.05) is 0 Å². The van der Waals surface area contributed by atoms with Gasteiger partial charge in [-0.05, 0) is 73.0 Å². The van der Waals surface area contributed by atoms with Crippen LogP contribution >= 0.6 is 0 Å². The number of halogens is 1. The number of hydrogen-bond acceptors (Lipinski definition) is 6. The van der Waals surface area contributed by atoms with Crippen molar-refractivity contribution < 1.29 is 28.6 Å². The molecular formula is C29H25FN4O5. The van der Waals surface area contributed by atoms with Gasteiger partial charge >= 0.3 is 6.03 Å². The minimum absolute atomic E-state index is 0.0407. The summed E-state index contributed by atoms with van der Waals surface area (Å²) in [5.41, 5.74) is 2.97. The number of aromatic nitrogens is 2. The van der Waals surface area contributed by atoms with Gasteiger partial charge in [-0.2, -0.15) is 9.78 Å². The van der Waals surface area contributed by atoms with Gasteiger partial charge in [-0.15, -0.1) is 0 Å². The monoisotopic (exact) mass is 528 g/mol. The van der Waals surface area contributed by atoms with Crippen LogP contribution in [0, 0.1) is 5.82 Å². The van der Waals surface area contributed by atoms with Crippen molar-refractivity contribution in [2.75, 3.05) is 12.1 Å². The standard InChI is InChI=1S/C29H25FN4O5/c30-20-6-1-3-17(11-20)15-31-29(37)34-24(18-4-2-5-18)14-23(33-34)22-13-21(8-9-25(22)35)32-28(36)19-7-10-26-27(12-19)39-16-38-26/h1,3,6-14,18,35H,2,4-5,15-16H2,(H,31,37)(H,32,36). The largest absolute Gasteiger partial charge is 0.507 e. The predicted octanol–water partition coefficient (Wildman–Crippen LogP) is 5.40. The minimum Gasteiger partial charge on any atom is -0.507 e. The van der Waals surface area contributed by atoms with Gasteiger partial charge in [-0.25, -0.2) is 9.18 Å². The number of carbonyl (C=O) groups excluding carboxylic acids is 2. The Morgan fingerprint density at radius 2 is 1.87 bits per heavy atom. The fourth-order valence-electron chi connectivity index (χ4n) is 4.64. The highest BCUT2D eigenvalue weighted by molar-refractivity contribution is 6.05. The Kier molecular flexibility index (Phi) is 6.36. The molecule has 0 unspecified atom stereocenters. The van der Waals surface area contributed by atoms with Crippen LogP contribution < -0.4 is 20.1 Å². The van der Waals surface area contributed by atoms with Gasteiger partial charge in [0.15, 0.2) is 11.5 Å². The fourth-order valence-corrected chi connectivity index (χ4v) is 4.64. The summed E-state index contributed by atoms with van der Waals surface area (Å²) < 4.78 is 25.5. The number of rotatable bonds is 6. The molecule has 0 bridgehead atoms. The number of aromatic hydroxyl groups is 1. The van der Waals surface area contributed by atoms with E-state index in [1.165, 1.54) is 22.9 Å². The molecule has 3 aromatic carbocycles. The number of nitrogens with zero attached hydrogens (tertiary/aromatic N) is 2. The highest BCUT2D eigenvalue weighted by atomic mass is 19.1. The number of hydrogen-bond donors (Lipinski definition) is 3. The van der Waals surface area contributed by atoms with Gasteiger partial charge < -0.3 is 25.2 Å². The molecule has 0 radical (unpaired) electrons. The average molecular weight is 529 g/mol. The molecule has 9 nitrogen and oxygen atoms in total. The molecule has 4 aromatic rings. The topological polar surface area (TPSA) is 115 Å². The Balaban J connectivity index is 1.24. The van der Waals surface area contributed by atoms with E-state index in [0.29, 0.717) is 39.6 Å². The zero-order valence-electron chi connectivity index (χ0n) is 20.8. The van der Waals surface area contributed by atoms with Gasteiger partial charge in [0.25, 0.3) is 5.91 Å². The zero-order valence-corrected chi connectivity index (χ0v) is 20.8. The lowest BCUT2D eigenvalue weighted by molar-refractivity contribution is 0.102. The number of phenols is 1. The van der Waals surface area contributed by atoms with Crippen LogP contribution in [-0.4, -0.2) is 33.6 Å². The molecule has 198 valence electrons. The lowest BCUT2D eigenvalue weighted by atomic mass is 9.82. The van der Waals surface area contributed by atoms with Crippen molar-refractivity contribution in [2.24, 2.45) is 0 Å². The van der Waals surface area contributed by atoms with E-state index in [0.717, 1.165) is 25.0 Å². The van der Waals surface area contributed by atoms with Gasteiger partial charge in [0.2, 0.25) is 6.79 Å². The van der Waals surface area contributed by atoms with Crippen LogP contribution in [0.1, 0.15) is 46.8 Å². The number of phenolic OH excluding ortho intramolecular Hbond substituents is 1. The van der Waals surface area contributed by atoms with Crippen molar-refractivity contribution in [3.63, 3.8) is 0 Å². The van der Waals surface area contributed by atoms with Crippen LogP contribution in [0.3, 0.4) is 0 Å². The van der Waals surface area contributed by atoms with E-state index in [-0.39, 0.29) is 36.7 Å². The molecule has 0 atom stereocenters. The average Bonchev–Trinajstić information content (AvgIpc) is 3.54. The van der Waals surface area contributed by atoms with Crippen molar-refractivity contribution in [1.29, 1.82) is 0 Å². The Hall–Kier alpha value is -4.86. The van der Waals surface area contributed by atoms with E-state index >= 15 is 0 Å². The molecule has 1 fully saturated rings. The van der Waals surface area contributed by atoms with Crippen LogP contribution in [0.4, 0.5) is 14.9 Å². The second-order valence-electron chi connectivity index (χ2n) is 9.54. The fraction of sp³-hybridized carbons (Fsp3) is 0.207. The first kappa shape index (κ1) is 24.5. The third-order valence-corrected chi connectivity index (χ3v) is 6.95. The molecule has 2 amide bonds. The number of anilines is 1. The van der Waals surface area contributed by atoms with Crippen molar-refractivity contribution in [1.82, 2.24) is 15.1 Å². The Labute approximate surface area is 223 Å². The maximum absolute atomic E-state index is 13.5. The summed E-state index contributed by atoms with van der Waals surface area (Å²) in [6.07, 6.45) is 2.92. The van der Waals surface area contributed by atoms with Gasteiger partial charge in [0.1, 0.15) is 11.6 Å². The first-order valence-electron chi connectivity index (χ1n) is 12.6. The summed E-state index contributed by atoms with van der Waals surface area (Å²) in [4.78, 5) is 26.0. The molecule has 2 aliphatic rings. The molecule has 0 spiro atoms. The van der Waals surface area contributed by atoms with Crippen LogP contribution in [0.5, 0.6) is 17.2 Å². The Morgan fingerprint density at radius 3 is 2.67 bits per heavy atom. The second-order valence-corrected chi connectivity index (χ2v) is 9.54. The quantitative estimate of drug-likeness (QED) is 0.289. The molecule has 2 heterocycles. The molecular weight excluding hydrogens is 503 g/mol. The molecule has 6 rings (SSSR count). The lowest BCUT2D eigenvalue weighted by Gasteiger charge is -2.25. The summed E-state index contributed by atoms with van der Waals surface area (Å²) in [6.45, 7) is 0.253. The van der Waals surface area contributed by atoms with Crippen LogP contribution in [-0.2, 0) is 6.54 Å². The molecule has 10 heteroatoms. The minimum atomic E-state index is -0.445. The molecule has 39 heavy (non-hydrogen) atoms. The zero-order chi connectivity index (χ0) is 26.9. The van der Waals surface area contributed by atoms with E-state index in [4.69, 9.17) is 9.47 Å². The predicted molar refractivity (Wildman–Crippen MR) is 140 cm³/mol. The van der Waals surface area contributed by atoms with Crippen molar-refractivity contribution in [3.8, 4) is 28.5 Å². The third kappa shape index (κ3) is 5.00.